The van der Waals surface area contributed by atoms with Gasteiger partial charge in [0.15, 0.2) is 0 Å². The molecule has 134 valence electrons. The van der Waals surface area contributed by atoms with E-state index in [-0.39, 0.29) is 23.9 Å². The highest BCUT2D eigenvalue weighted by molar-refractivity contribution is 5.76. The first-order valence-corrected chi connectivity index (χ1v) is 8.37. The second-order valence-corrected chi connectivity index (χ2v) is 6.17. The number of aryl methyl sites for hydroxylation is 2. The Labute approximate surface area is 145 Å². The molecule has 0 bridgehead atoms. The minimum absolute atomic E-state index is 0.0383. The summed E-state index contributed by atoms with van der Waals surface area (Å²) in [5.41, 5.74) is 1.03. The molecule has 1 N–H and O–H groups in total. The van der Waals surface area contributed by atoms with Crippen LogP contribution in [0.4, 0.5) is 4.39 Å². The van der Waals surface area contributed by atoms with Crippen LogP contribution in [0.2, 0.25) is 0 Å². The van der Waals surface area contributed by atoms with Gasteiger partial charge in [-0.2, -0.15) is 5.10 Å². The molecule has 2 aromatic rings. The minimum Gasteiger partial charge on any atom is -0.486 e. The van der Waals surface area contributed by atoms with Crippen molar-refractivity contribution in [3.63, 3.8) is 0 Å². The van der Waals surface area contributed by atoms with Crippen LogP contribution in [0.3, 0.4) is 0 Å². The van der Waals surface area contributed by atoms with Gasteiger partial charge in [0, 0.05) is 32.3 Å². The Morgan fingerprint density at radius 1 is 1.52 bits per heavy atom. The lowest BCUT2D eigenvalue weighted by molar-refractivity contribution is -0.123. The van der Waals surface area contributed by atoms with E-state index in [9.17, 15) is 9.18 Å². The Kier molecular flexibility index (Phi) is 5.65. The number of aromatic nitrogens is 2. The molecule has 1 aromatic heterocycles. The number of nitrogens with zero attached hydrogens (tertiary/aromatic N) is 2. The Balaban J connectivity index is 1.54. The fourth-order valence-electron chi connectivity index (χ4n) is 2.85. The molecule has 0 saturated carbocycles. The van der Waals surface area contributed by atoms with Gasteiger partial charge in [-0.1, -0.05) is 6.07 Å². The zero-order valence-electron chi connectivity index (χ0n) is 14.2. The van der Waals surface area contributed by atoms with Crippen LogP contribution in [0.5, 0.6) is 5.75 Å². The predicted octanol–water partition coefficient (Wildman–Crippen LogP) is 1.84. The highest BCUT2D eigenvalue weighted by Crippen LogP contribution is 2.19. The molecule has 2 atom stereocenters. The second-order valence-electron chi connectivity index (χ2n) is 6.17. The summed E-state index contributed by atoms with van der Waals surface area (Å²) in [6.07, 6.45) is 5.01. The van der Waals surface area contributed by atoms with Crippen molar-refractivity contribution in [2.75, 3.05) is 13.2 Å². The summed E-state index contributed by atoms with van der Waals surface area (Å²) in [4.78, 5) is 12.2. The van der Waals surface area contributed by atoms with Crippen molar-refractivity contribution in [2.24, 2.45) is 7.05 Å². The topological polar surface area (TPSA) is 65.4 Å². The number of carbonyl (C=O) groups excluding carboxylic acids is 1. The van der Waals surface area contributed by atoms with E-state index in [2.05, 4.69) is 10.4 Å². The summed E-state index contributed by atoms with van der Waals surface area (Å²) < 4.78 is 26.3. The molecule has 2 heterocycles. The van der Waals surface area contributed by atoms with Gasteiger partial charge in [0.1, 0.15) is 17.7 Å². The molecule has 0 aliphatic carbocycles. The molecule has 1 aromatic carbocycles. The average Bonchev–Trinajstić information content (AvgIpc) is 3.00. The number of amides is 1. The van der Waals surface area contributed by atoms with E-state index in [4.69, 9.17) is 9.47 Å². The van der Waals surface area contributed by atoms with Crippen LogP contribution in [0, 0.1) is 5.82 Å². The van der Waals surface area contributed by atoms with Crippen molar-refractivity contribution >= 4 is 5.91 Å². The molecule has 1 saturated heterocycles. The van der Waals surface area contributed by atoms with Crippen LogP contribution in [-0.4, -0.2) is 41.0 Å². The predicted molar refractivity (Wildman–Crippen MR) is 89.7 cm³/mol. The zero-order chi connectivity index (χ0) is 17.6. The average molecular weight is 347 g/mol. The molecular weight excluding hydrogens is 325 g/mol. The monoisotopic (exact) mass is 347 g/mol. The summed E-state index contributed by atoms with van der Waals surface area (Å²) in [6.45, 7) is 0.931. The quantitative estimate of drug-likeness (QED) is 0.866. The van der Waals surface area contributed by atoms with Crippen molar-refractivity contribution in [3.05, 3.63) is 48.0 Å². The number of carbonyl (C=O) groups is 1. The van der Waals surface area contributed by atoms with Gasteiger partial charge in [0.2, 0.25) is 5.91 Å². The number of hydrogen-bond acceptors (Lipinski definition) is 4. The number of benzene rings is 1. The van der Waals surface area contributed by atoms with Crippen molar-refractivity contribution in [3.8, 4) is 5.75 Å². The van der Waals surface area contributed by atoms with Gasteiger partial charge in [-0.05, 0) is 30.5 Å². The highest BCUT2D eigenvalue weighted by Gasteiger charge is 2.29. The van der Waals surface area contributed by atoms with Crippen molar-refractivity contribution < 1.29 is 18.7 Å². The first-order valence-electron chi connectivity index (χ1n) is 8.37. The third kappa shape index (κ3) is 5.03. The van der Waals surface area contributed by atoms with Gasteiger partial charge < -0.3 is 14.8 Å². The summed E-state index contributed by atoms with van der Waals surface area (Å²) in [5, 5.41) is 7.11. The van der Waals surface area contributed by atoms with Gasteiger partial charge in [0.25, 0.3) is 0 Å². The van der Waals surface area contributed by atoms with E-state index in [1.54, 1.807) is 23.0 Å². The molecule has 0 unspecified atom stereocenters. The third-order valence-electron chi connectivity index (χ3n) is 4.13. The lowest BCUT2D eigenvalue weighted by atomic mass is 10.1. The first-order chi connectivity index (χ1) is 12.1. The molecule has 3 rings (SSSR count). The SMILES string of the molecule is Cn1cc(CCC(=O)N[C@@H]2CCOC[C@H]2Oc2cccc(F)c2)cn1. The number of rotatable bonds is 6. The number of ether oxygens (including phenoxy) is 2. The number of hydrogen-bond donors (Lipinski definition) is 1. The molecule has 1 aliphatic rings. The normalized spacial score (nSPS) is 20.2. The molecule has 0 spiro atoms. The van der Waals surface area contributed by atoms with Crippen molar-refractivity contribution in [1.29, 1.82) is 0 Å². The highest BCUT2D eigenvalue weighted by atomic mass is 19.1. The Morgan fingerprint density at radius 2 is 2.40 bits per heavy atom. The minimum atomic E-state index is -0.355. The zero-order valence-corrected chi connectivity index (χ0v) is 14.2. The van der Waals surface area contributed by atoms with Gasteiger partial charge >= 0.3 is 0 Å². The largest absolute Gasteiger partial charge is 0.486 e. The summed E-state index contributed by atoms with van der Waals surface area (Å²) in [6, 6.07) is 5.82. The molecule has 6 nitrogen and oxygen atoms in total. The van der Waals surface area contributed by atoms with Gasteiger partial charge in [-0.3, -0.25) is 9.48 Å². The standard InChI is InChI=1S/C18H22FN3O3/c1-22-11-13(10-20-22)5-6-18(23)21-16-7-8-24-12-17(16)25-15-4-2-3-14(19)9-15/h2-4,9-11,16-17H,5-8,12H2,1H3,(H,21,23)/t16-,17-/m1/s1. The van der Waals surface area contributed by atoms with Gasteiger partial charge in [0.05, 0.1) is 18.8 Å². The van der Waals surface area contributed by atoms with E-state index < -0.39 is 0 Å². The molecule has 1 fully saturated rings. The molecule has 1 amide bonds. The van der Waals surface area contributed by atoms with Crippen LogP contribution >= 0.6 is 0 Å². The number of nitrogens with one attached hydrogen (secondary N) is 1. The maximum absolute atomic E-state index is 13.3. The lowest BCUT2D eigenvalue weighted by Gasteiger charge is -2.32. The summed E-state index contributed by atoms with van der Waals surface area (Å²) >= 11 is 0. The van der Waals surface area contributed by atoms with Crippen LogP contribution in [-0.2, 0) is 23.0 Å². The summed E-state index contributed by atoms with van der Waals surface area (Å²) in [5.74, 6) is 0.0417. The fourth-order valence-corrected chi connectivity index (χ4v) is 2.85. The molecule has 25 heavy (non-hydrogen) atoms. The van der Waals surface area contributed by atoms with E-state index in [0.29, 0.717) is 38.2 Å². The maximum atomic E-state index is 13.3. The van der Waals surface area contributed by atoms with Crippen molar-refractivity contribution in [1.82, 2.24) is 15.1 Å². The van der Waals surface area contributed by atoms with E-state index in [1.165, 1.54) is 12.1 Å². The van der Waals surface area contributed by atoms with E-state index in [0.717, 1.165) is 5.56 Å². The third-order valence-corrected chi connectivity index (χ3v) is 4.13. The van der Waals surface area contributed by atoms with Crippen LogP contribution in [0.15, 0.2) is 36.7 Å². The smallest absolute Gasteiger partial charge is 0.220 e. The second kappa shape index (κ2) is 8.11. The van der Waals surface area contributed by atoms with Gasteiger partial charge in [-0.15, -0.1) is 0 Å². The van der Waals surface area contributed by atoms with Crippen LogP contribution in [0.25, 0.3) is 0 Å². The first kappa shape index (κ1) is 17.4. The van der Waals surface area contributed by atoms with E-state index in [1.807, 2.05) is 13.2 Å². The summed E-state index contributed by atoms with van der Waals surface area (Å²) in [7, 11) is 1.85. The maximum Gasteiger partial charge on any atom is 0.220 e. The number of halogens is 1. The Bertz CT molecular complexity index is 719. The Hall–Kier alpha value is -2.41. The lowest BCUT2D eigenvalue weighted by Crippen LogP contribution is -2.51. The van der Waals surface area contributed by atoms with Crippen LogP contribution < -0.4 is 10.1 Å². The molecule has 7 heteroatoms. The molecular formula is C18H22FN3O3. The van der Waals surface area contributed by atoms with Gasteiger partial charge in [-0.25, -0.2) is 4.39 Å². The molecule has 0 radical (unpaired) electrons. The van der Waals surface area contributed by atoms with Crippen molar-refractivity contribution in [2.45, 2.75) is 31.4 Å². The Morgan fingerprint density at radius 3 is 3.16 bits per heavy atom. The van der Waals surface area contributed by atoms with Crippen LogP contribution in [0.1, 0.15) is 18.4 Å². The molecule has 1 aliphatic heterocycles. The fraction of sp³-hybridized carbons (Fsp3) is 0.444. The van der Waals surface area contributed by atoms with E-state index >= 15 is 0 Å².